The third-order valence-corrected chi connectivity index (χ3v) is 2.52. The van der Waals surface area contributed by atoms with E-state index in [0.29, 0.717) is 5.69 Å². The van der Waals surface area contributed by atoms with Crippen molar-refractivity contribution >= 4 is 24.1 Å². The first-order chi connectivity index (χ1) is 10.6. The smallest absolute Gasteiger partial charge is 0.106 e. The highest BCUT2D eigenvalue weighted by Gasteiger charge is 1.91. The van der Waals surface area contributed by atoms with Gasteiger partial charge in [0.1, 0.15) is 6.79 Å². The molecule has 0 aromatic heterocycles. The van der Waals surface area contributed by atoms with Crippen LogP contribution in [0.3, 0.4) is 0 Å². The highest BCUT2D eigenvalue weighted by atomic mass is 35.5. The third kappa shape index (κ3) is 18.6. The Morgan fingerprint density at radius 3 is 2.00 bits per heavy atom. The number of halogens is 1. The molecule has 0 unspecified atom stereocenters. The Bertz CT molecular complexity index is 363. The minimum Gasteiger partial charge on any atom is -0.399 e. The number of carbonyl (C=O) groups excluding carboxylic acids is 1. The van der Waals surface area contributed by atoms with E-state index in [1.54, 1.807) is 6.07 Å². The quantitative estimate of drug-likeness (QED) is 0.504. The van der Waals surface area contributed by atoms with Crippen LogP contribution in [0.1, 0.15) is 25.8 Å². The SMILES string of the molecule is C1=CCNCC1.C=O.CC.CNC.Cc1ccc(N)cc1Cl. The van der Waals surface area contributed by atoms with Crippen LogP contribution in [-0.4, -0.2) is 34.0 Å². The molecule has 1 aliphatic rings. The number of carbonyl (C=O) groups is 1. The van der Waals surface area contributed by atoms with E-state index in [0.717, 1.165) is 23.7 Å². The lowest BCUT2D eigenvalue weighted by Crippen LogP contribution is -2.17. The van der Waals surface area contributed by atoms with Gasteiger partial charge in [0.05, 0.1) is 0 Å². The molecule has 22 heavy (non-hydrogen) atoms. The second-order valence-electron chi connectivity index (χ2n) is 3.97. The van der Waals surface area contributed by atoms with Gasteiger partial charge in [0.2, 0.25) is 0 Å². The lowest BCUT2D eigenvalue weighted by Gasteiger charge is -2.01. The average molecular weight is 330 g/mol. The van der Waals surface area contributed by atoms with Crippen LogP contribution >= 0.6 is 11.6 Å². The van der Waals surface area contributed by atoms with Gasteiger partial charge in [-0.1, -0.05) is 43.7 Å². The van der Waals surface area contributed by atoms with E-state index >= 15 is 0 Å². The molecule has 0 saturated heterocycles. The van der Waals surface area contributed by atoms with Crippen molar-refractivity contribution in [1.29, 1.82) is 0 Å². The summed E-state index contributed by atoms with van der Waals surface area (Å²) in [5.74, 6) is 0. The molecule has 0 radical (unpaired) electrons. The molecule has 2 rings (SSSR count). The van der Waals surface area contributed by atoms with E-state index in [1.165, 1.54) is 6.42 Å². The molecule has 0 bridgehead atoms. The van der Waals surface area contributed by atoms with Crippen LogP contribution in [0.25, 0.3) is 0 Å². The second-order valence-corrected chi connectivity index (χ2v) is 4.38. The van der Waals surface area contributed by atoms with Crippen LogP contribution in [-0.2, 0) is 4.79 Å². The van der Waals surface area contributed by atoms with Gasteiger partial charge in [0.15, 0.2) is 0 Å². The van der Waals surface area contributed by atoms with Gasteiger partial charge in [-0.05, 0) is 51.7 Å². The monoisotopic (exact) mass is 329 g/mol. The first-order valence-electron chi connectivity index (χ1n) is 7.36. The number of rotatable bonds is 0. The Labute approximate surface area is 141 Å². The zero-order chi connectivity index (χ0) is 17.8. The molecule has 1 aliphatic heterocycles. The van der Waals surface area contributed by atoms with Crippen LogP contribution in [0.4, 0.5) is 5.69 Å². The Kier molecular flexibility index (Phi) is 25.5. The molecular weight excluding hydrogens is 298 g/mol. The van der Waals surface area contributed by atoms with E-state index in [4.69, 9.17) is 22.1 Å². The van der Waals surface area contributed by atoms with Crippen molar-refractivity contribution in [3.8, 4) is 0 Å². The fraction of sp³-hybridized carbons (Fsp3) is 0.471. The fourth-order valence-electron chi connectivity index (χ4n) is 1.18. The molecule has 5 heteroatoms. The molecule has 1 aromatic carbocycles. The number of aryl methyl sites for hydroxylation is 1. The first-order valence-corrected chi connectivity index (χ1v) is 7.74. The molecule has 0 aliphatic carbocycles. The number of nitrogens with one attached hydrogen (secondary N) is 2. The standard InChI is InChI=1S/C7H8ClN.C5H9N.C2H7N.C2H6.CH2O/c1-5-2-3-6(9)4-7(5)8;1-2-4-6-5-3-1;1-3-2;2*1-2/h2-4H,9H2,1H3;1-2,6H,3-5H2;3H,1-2H3;1-2H3;1H2. The number of hydrogen-bond donors (Lipinski definition) is 3. The molecule has 4 N–H and O–H groups in total. The molecular formula is C17H32ClN3O. The van der Waals surface area contributed by atoms with Crippen LogP contribution in [0.2, 0.25) is 5.02 Å². The average Bonchev–Trinajstić information content (AvgIpc) is 2.58. The molecule has 0 atom stereocenters. The van der Waals surface area contributed by atoms with Gasteiger partial charge in [-0.15, -0.1) is 0 Å². The Hall–Kier alpha value is -1.36. The number of nitrogens with two attached hydrogens (primary N) is 1. The third-order valence-electron chi connectivity index (χ3n) is 2.11. The van der Waals surface area contributed by atoms with Crippen LogP contribution < -0.4 is 16.4 Å². The van der Waals surface area contributed by atoms with Crippen molar-refractivity contribution in [2.45, 2.75) is 27.2 Å². The first kappa shape index (κ1) is 25.6. The van der Waals surface area contributed by atoms with Crippen LogP contribution in [0.15, 0.2) is 30.4 Å². The Morgan fingerprint density at radius 1 is 1.23 bits per heavy atom. The summed E-state index contributed by atoms with van der Waals surface area (Å²) in [6.07, 6.45) is 5.57. The summed E-state index contributed by atoms with van der Waals surface area (Å²) in [6.45, 7) is 10.2. The van der Waals surface area contributed by atoms with Crippen LogP contribution in [0, 0.1) is 6.92 Å². The van der Waals surface area contributed by atoms with E-state index in [2.05, 4.69) is 22.8 Å². The number of anilines is 1. The molecule has 4 nitrogen and oxygen atoms in total. The minimum absolute atomic E-state index is 0.714. The highest BCUT2D eigenvalue weighted by Crippen LogP contribution is 2.17. The second kappa shape index (κ2) is 21.9. The minimum atomic E-state index is 0.714. The molecule has 1 aromatic rings. The largest absolute Gasteiger partial charge is 0.399 e. The summed E-state index contributed by atoms with van der Waals surface area (Å²) in [5, 5.41) is 6.68. The number of benzene rings is 1. The van der Waals surface area contributed by atoms with Crippen molar-refractivity contribution in [3.05, 3.63) is 40.9 Å². The van der Waals surface area contributed by atoms with Gasteiger partial charge in [0.25, 0.3) is 0 Å². The lowest BCUT2D eigenvalue weighted by atomic mass is 10.2. The fourth-order valence-corrected chi connectivity index (χ4v) is 1.37. The topological polar surface area (TPSA) is 67.2 Å². The number of hydrogen-bond acceptors (Lipinski definition) is 4. The van der Waals surface area contributed by atoms with Crippen molar-refractivity contribution < 1.29 is 4.79 Å². The molecule has 0 amide bonds. The summed E-state index contributed by atoms with van der Waals surface area (Å²) in [7, 11) is 3.75. The van der Waals surface area contributed by atoms with E-state index in [-0.39, 0.29) is 0 Å². The summed E-state index contributed by atoms with van der Waals surface area (Å²) in [4.78, 5) is 8.00. The van der Waals surface area contributed by atoms with Gasteiger partial charge in [-0.25, -0.2) is 0 Å². The van der Waals surface area contributed by atoms with Gasteiger partial charge in [-0.3, -0.25) is 0 Å². The van der Waals surface area contributed by atoms with Gasteiger partial charge in [0, 0.05) is 17.3 Å². The Morgan fingerprint density at radius 2 is 1.77 bits per heavy atom. The maximum absolute atomic E-state index is 8.00. The predicted molar refractivity (Wildman–Crippen MR) is 101 cm³/mol. The molecule has 128 valence electrons. The van der Waals surface area contributed by atoms with Crippen molar-refractivity contribution in [2.24, 2.45) is 0 Å². The lowest BCUT2D eigenvalue weighted by molar-refractivity contribution is -0.0979. The van der Waals surface area contributed by atoms with Crippen molar-refractivity contribution in [2.75, 3.05) is 32.9 Å². The van der Waals surface area contributed by atoms with E-state index < -0.39 is 0 Å². The normalized spacial score (nSPS) is 11.0. The molecule has 1 heterocycles. The van der Waals surface area contributed by atoms with E-state index in [9.17, 15) is 0 Å². The van der Waals surface area contributed by atoms with Crippen LogP contribution in [0.5, 0.6) is 0 Å². The van der Waals surface area contributed by atoms with Gasteiger partial charge in [-0.2, -0.15) is 0 Å². The van der Waals surface area contributed by atoms with Crippen molar-refractivity contribution in [3.63, 3.8) is 0 Å². The Balaban J connectivity index is -0.000000242. The zero-order valence-electron chi connectivity index (χ0n) is 14.6. The summed E-state index contributed by atoms with van der Waals surface area (Å²) >= 11 is 5.73. The maximum atomic E-state index is 8.00. The number of nitrogen functional groups attached to an aromatic ring is 1. The summed E-state index contributed by atoms with van der Waals surface area (Å²) in [6, 6.07) is 5.48. The summed E-state index contributed by atoms with van der Waals surface area (Å²) < 4.78 is 0. The molecule has 0 saturated carbocycles. The van der Waals surface area contributed by atoms with E-state index in [1.807, 2.05) is 53.8 Å². The highest BCUT2D eigenvalue weighted by molar-refractivity contribution is 6.31. The molecule has 0 spiro atoms. The summed E-state index contributed by atoms with van der Waals surface area (Å²) in [5.41, 5.74) is 7.22. The predicted octanol–water partition coefficient (Wildman–Crippen LogP) is 3.44. The molecule has 0 fully saturated rings. The zero-order valence-corrected chi connectivity index (χ0v) is 15.3. The van der Waals surface area contributed by atoms with Crippen molar-refractivity contribution in [1.82, 2.24) is 10.6 Å². The van der Waals surface area contributed by atoms with Gasteiger partial charge >= 0.3 is 0 Å². The maximum Gasteiger partial charge on any atom is 0.106 e. The van der Waals surface area contributed by atoms with Gasteiger partial charge < -0.3 is 21.2 Å².